The molecule has 0 fully saturated rings. The van der Waals surface area contributed by atoms with Crippen LogP contribution in [-0.2, 0) is 27.0 Å². The van der Waals surface area contributed by atoms with Crippen LogP contribution in [0.3, 0.4) is 0 Å². The zero-order valence-corrected chi connectivity index (χ0v) is 17.0. The number of rotatable bonds is 6. The molecule has 1 N–H and O–H groups in total. The van der Waals surface area contributed by atoms with Crippen LogP contribution in [0.15, 0.2) is 42.5 Å². The van der Waals surface area contributed by atoms with Crippen molar-refractivity contribution in [2.24, 2.45) is 0 Å². The molecule has 1 atom stereocenters. The fourth-order valence-corrected chi connectivity index (χ4v) is 3.04. The second kappa shape index (κ2) is 8.83. The molecule has 1 amide bonds. The molecule has 0 radical (unpaired) electrons. The van der Waals surface area contributed by atoms with E-state index in [0.29, 0.717) is 4.57 Å². The fraction of sp³-hybridized carbons (Fsp3) is 0.211. The summed E-state index contributed by atoms with van der Waals surface area (Å²) in [4.78, 5) is 38.1. The van der Waals surface area contributed by atoms with E-state index < -0.39 is 41.4 Å². The van der Waals surface area contributed by atoms with Crippen molar-refractivity contribution in [2.45, 2.75) is 25.7 Å². The van der Waals surface area contributed by atoms with E-state index in [0.717, 1.165) is 12.1 Å². The SMILES string of the molecule is CC(OC(=O)Cn1c(C(F)(F)F)nc2ccccc21)C(=O)Nc1ccc([N+](=O)[O-])cc1Cl. The number of fused-ring (bicyclic) bond motifs is 1. The third kappa shape index (κ3) is 4.97. The minimum absolute atomic E-state index is 0.0325. The lowest BCUT2D eigenvalue weighted by Crippen LogP contribution is -2.31. The molecule has 168 valence electrons. The molecule has 0 saturated carbocycles. The number of hydrogen-bond acceptors (Lipinski definition) is 6. The number of nitrogens with zero attached hydrogens (tertiary/aromatic N) is 3. The van der Waals surface area contributed by atoms with Gasteiger partial charge in [0.15, 0.2) is 6.10 Å². The van der Waals surface area contributed by atoms with Gasteiger partial charge in [-0.25, -0.2) is 4.98 Å². The van der Waals surface area contributed by atoms with E-state index in [-0.39, 0.29) is 27.4 Å². The third-order valence-electron chi connectivity index (χ3n) is 4.29. The van der Waals surface area contributed by atoms with E-state index in [1.54, 1.807) is 0 Å². The van der Waals surface area contributed by atoms with Gasteiger partial charge in [0, 0.05) is 12.1 Å². The number of anilines is 1. The number of esters is 1. The number of halogens is 4. The number of aromatic nitrogens is 2. The molecule has 9 nitrogen and oxygen atoms in total. The topological polar surface area (TPSA) is 116 Å². The number of nitro groups is 1. The van der Waals surface area contributed by atoms with Gasteiger partial charge in [0.1, 0.15) is 6.54 Å². The van der Waals surface area contributed by atoms with Crippen LogP contribution in [0.5, 0.6) is 0 Å². The molecular weight excluding hydrogens is 457 g/mol. The minimum Gasteiger partial charge on any atom is -0.451 e. The fourth-order valence-electron chi connectivity index (χ4n) is 2.82. The third-order valence-corrected chi connectivity index (χ3v) is 4.61. The second-order valence-corrected chi connectivity index (χ2v) is 6.96. The first kappa shape index (κ1) is 23.0. The first-order valence-electron chi connectivity index (χ1n) is 8.94. The molecule has 3 rings (SSSR count). The molecule has 3 aromatic rings. The summed E-state index contributed by atoms with van der Waals surface area (Å²) in [5, 5.41) is 13.0. The Morgan fingerprint density at radius 1 is 1.28 bits per heavy atom. The number of nitrogens with one attached hydrogen (secondary N) is 1. The molecule has 0 aliphatic carbocycles. The van der Waals surface area contributed by atoms with Crippen LogP contribution < -0.4 is 5.32 Å². The molecule has 2 aromatic carbocycles. The lowest BCUT2D eigenvalue weighted by Gasteiger charge is -2.16. The van der Waals surface area contributed by atoms with E-state index in [4.69, 9.17) is 16.3 Å². The summed E-state index contributed by atoms with van der Waals surface area (Å²) in [6, 6.07) is 9.08. The number of nitro benzene ring substituents is 1. The summed E-state index contributed by atoms with van der Waals surface area (Å²) in [5.41, 5.74) is -0.136. The number of alkyl halides is 3. The average Bonchev–Trinajstić information content (AvgIpc) is 3.08. The Hall–Kier alpha value is -3.67. The first-order valence-corrected chi connectivity index (χ1v) is 9.32. The van der Waals surface area contributed by atoms with Crippen LogP contribution in [0.4, 0.5) is 24.5 Å². The van der Waals surface area contributed by atoms with Gasteiger partial charge in [-0.1, -0.05) is 23.7 Å². The number of carbonyl (C=O) groups is 2. The van der Waals surface area contributed by atoms with E-state index >= 15 is 0 Å². The number of non-ortho nitro benzene ring substituents is 1. The maximum absolute atomic E-state index is 13.3. The Labute approximate surface area is 182 Å². The summed E-state index contributed by atoms with van der Waals surface area (Å²) in [6.45, 7) is 0.383. The first-order chi connectivity index (χ1) is 15.0. The zero-order chi connectivity index (χ0) is 23.6. The van der Waals surface area contributed by atoms with Gasteiger partial charge in [-0.2, -0.15) is 13.2 Å². The monoisotopic (exact) mass is 470 g/mol. The van der Waals surface area contributed by atoms with Gasteiger partial charge in [-0.05, 0) is 25.1 Å². The predicted molar refractivity (Wildman–Crippen MR) is 107 cm³/mol. The highest BCUT2D eigenvalue weighted by Gasteiger charge is 2.38. The predicted octanol–water partition coefficient (Wildman–Crippen LogP) is 4.19. The second-order valence-electron chi connectivity index (χ2n) is 6.55. The quantitative estimate of drug-likeness (QED) is 0.328. The summed E-state index contributed by atoms with van der Waals surface area (Å²) in [5.74, 6) is -3.21. The highest BCUT2D eigenvalue weighted by molar-refractivity contribution is 6.34. The Morgan fingerprint density at radius 3 is 2.59 bits per heavy atom. The molecule has 0 saturated heterocycles. The molecule has 0 bridgehead atoms. The highest BCUT2D eigenvalue weighted by atomic mass is 35.5. The summed E-state index contributed by atoms with van der Waals surface area (Å²) >= 11 is 5.89. The number of imidazole rings is 1. The van der Waals surface area contributed by atoms with Crippen LogP contribution >= 0.6 is 11.6 Å². The van der Waals surface area contributed by atoms with Crippen molar-refractivity contribution in [1.29, 1.82) is 0 Å². The Kier molecular flexibility index (Phi) is 6.35. The van der Waals surface area contributed by atoms with Crippen molar-refractivity contribution in [1.82, 2.24) is 9.55 Å². The van der Waals surface area contributed by atoms with Crippen molar-refractivity contribution in [3.05, 3.63) is 63.4 Å². The smallest absolute Gasteiger partial charge is 0.449 e. The summed E-state index contributed by atoms with van der Waals surface area (Å²) < 4.78 is 45.6. The van der Waals surface area contributed by atoms with Gasteiger partial charge >= 0.3 is 12.1 Å². The van der Waals surface area contributed by atoms with Gasteiger partial charge in [0.05, 0.1) is 26.7 Å². The molecule has 1 heterocycles. The van der Waals surface area contributed by atoms with Crippen molar-refractivity contribution < 1.29 is 32.4 Å². The number of benzene rings is 2. The average molecular weight is 471 g/mol. The molecule has 32 heavy (non-hydrogen) atoms. The summed E-state index contributed by atoms with van der Waals surface area (Å²) in [6.07, 6.45) is -6.20. The van der Waals surface area contributed by atoms with E-state index in [9.17, 15) is 32.9 Å². The van der Waals surface area contributed by atoms with Crippen LogP contribution in [-0.4, -0.2) is 32.5 Å². The van der Waals surface area contributed by atoms with E-state index in [1.165, 1.54) is 37.3 Å². The molecule has 1 unspecified atom stereocenters. The van der Waals surface area contributed by atoms with Crippen molar-refractivity contribution in [2.75, 3.05) is 5.32 Å². The molecule has 1 aromatic heterocycles. The van der Waals surface area contributed by atoms with Crippen LogP contribution in [0.25, 0.3) is 11.0 Å². The maximum Gasteiger partial charge on any atom is 0.449 e. The van der Waals surface area contributed by atoms with Gasteiger partial charge in [0.25, 0.3) is 11.6 Å². The highest BCUT2D eigenvalue weighted by Crippen LogP contribution is 2.31. The number of carbonyl (C=O) groups excluding carboxylic acids is 2. The number of ether oxygens (including phenoxy) is 1. The van der Waals surface area contributed by atoms with E-state index in [1.807, 2.05) is 0 Å². The number of hydrogen-bond donors (Lipinski definition) is 1. The van der Waals surface area contributed by atoms with Crippen molar-refractivity contribution in [3.8, 4) is 0 Å². The van der Waals surface area contributed by atoms with Crippen molar-refractivity contribution in [3.63, 3.8) is 0 Å². The van der Waals surface area contributed by atoms with E-state index in [2.05, 4.69) is 10.3 Å². The standard InChI is InChI=1S/C19H14ClF3N4O5/c1-10(17(29)24-13-7-6-11(27(30)31)8-12(13)20)32-16(28)9-26-15-5-3-2-4-14(15)25-18(26)19(21,22)23/h2-8,10H,9H2,1H3,(H,24,29). The lowest BCUT2D eigenvalue weighted by atomic mass is 10.2. The van der Waals surface area contributed by atoms with Crippen LogP contribution in [0.2, 0.25) is 5.02 Å². The largest absolute Gasteiger partial charge is 0.451 e. The summed E-state index contributed by atoms with van der Waals surface area (Å²) in [7, 11) is 0. The Bertz CT molecular complexity index is 1210. The molecule has 0 aliphatic heterocycles. The molecule has 0 spiro atoms. The van der Waals surface area contributed by atoms with Gasteiger partial charge in [0.2, 0.25) is 5.82 Å². The Balaban J connectivity index is 1.72. The molecular formula is C19H14ClF3N4O5. The van der Waals surface area contributed by atoms with Crippen LogP contribution in [0, 0.1) is 10.1 Å². The Morgan fingerprint density at radius 2 is 1.97 bits per heavy atom. The van der Waals surface area contributed by atoms with Crippen LogP contribution in [0.1, 0.15) is 12.7 Å². The lowest BCUT2D eigenvalue weighted by molar-refractivity contribution is -0.384. The van der Waals surface area contributed by atoms with Gasteiger partial charge < -0.3 is 14.6 Å². The normalized spacial score (nSPS) is 12.4. The number of amides is 1. The zero-order valence-electron chi connectivity index (χ0n) is 16.2. The number of para-hydroxylation sites is 2. The van der Waals surface area contributed by atoms with Gasteiger partial charge in [-0.3, -0.25) is 19.7 Å². The molecule has 0 aliphatic rings. The maximum atomic E-state index is 13.3. The molecule has 13 heteroatoms. The van der Waals surface area contributed by atoms with Gasteiger partial charge in [-0.15, -0.1) is 0 Å². The minimum atomic E-state index is -4.81. The van der Waals surface area contributed by atoms with Crippen molar-refractivity contribution >= 4 is 45.9 Å².